The topological polar surface area (TPSA) is 46.4 Å². The van der Waals surface area contributed by atoms with Gasteiger partial charge in [-0.25, -0.2) is 4.99 Å². The monoisotopic (exact) mass is 559 g/mol. The summed E-state index contributed by atoms with van der Waals surface area (Å²) in [5, 5.41) is 3.88. The molecule has 2 heterocycles. The molecule has 0 unspecified atom stereocenters. The highest BCUT2D eigenvalue weighted by Crippen LogP contribution is 2.45. The summed E-state index contributed by atoms with van der Waals surface area (Å²) in [5.41, 5.74) is 4.96. The van der Waals surface area contributed by atoms with E-state index in [0.29, 0.717) is 5.92 Å². The fraction of sp³-hybridized carbons (Fsp3) is 0.267. The first-order valence-corrected chi connectivity index (χ1v) is 13.9. The summed E-state index contributed by atoms with van der Waals surface area (Å²) in [6.07, 6.45) is 6.91. The number of hydrogen-bond acceptors (Lipinski definition) is 3. The van der Waals surface area contributed by atoms with Gasteiger partial charge in [-0.05, 0) is 84.7 Å². The van der Waals surface area contributed by atoms with E-state index in [1.54, 1.807) is 11.3 Å². The van der Waals surface area contributed by atoms with Crippen molar-refractivity contribution in [3.63, 3.8) is 0 Å². The van der Waals surface area contributed by atoms with Crippen LogP contribution in [0.25, 0.3) is 5.69 Å². The van der Waals surface area contributed by atoms with Gasteiger partial charge >= 0.3 is 0 Å². The molecule has 0 bridgehead atoms. The van der Waals surface area contributed by atoms with E-state index in [2.05, 4.69) is 58.7 Å². The van der Waals surface area contributed by atoms with Gasteiger partial charge < -0.3 is 9.88 Å². The van der Waals surface area contributed by atoms with E-state index >= 15 is 0 Å². The Hall–Kier alpha value is -2.96. The summed E-state index contributed by atoms with van der Waals surface area (Å²) >= 11 is 5.18. The van der Waals surface area contributed by atoms with Crippen molar-refractivity contribution < 1.29 is 4.79 Å². The number of benzene rings is 2. The van der Waals surface area contributed by atoms with Crippen LogP contribution >= 0.6 is 27.3 Å². The molecule has 4 aromatic rings. The van der Waals surface area contributed by atoms with Crippen molar-refractivity contribution >= 4 is 50.1 Å². The van der Waals surface area contributed by atoms with Crippen molar-refractivity contribution in [2.45, 2.75) is 40.0 Å². The number of aromatic nitrogens is 1. The Morgan fingerprint density at radius 1 is 1.08 bits per heavy atom. The maximum atomic E-state index is 13.5. The minimum Gasteiger partial charge on any atom is -0.322 e. The molecular formula is C30H30BrN3OS. The van der Waals surface area contributed by atoms with Crippen LogP contribution in [-0.4, -0.2) is 16.7 Å². The van der Waals surface area contributed by atoms with E-state index in [1.165, 1.54) is 10.4 Å². The summed E-state index contributed by atoms with van der Waals surface area (Å²) in [5.74, 6) is 0.517. The van der Waals surface area contributed by atoms with Crippen molar-refractivity contribution in [3.8, 4) is 5.69 Å². The maximum absolute atomic E-state index is 13.5. The highest BCUT2D eigenvalue weighted by atomic mass is 79.9. The zero-order chi connectivity index (χ0) is 25.3. The molecule has 0 radical (unpaired) electrons. The first-order chi connectivity index (χ1) is 17.3. The van der Waals surface area contributed by atoms with Crippen molar-refractivity contribution in [1.29, 1.82) is 0 Å². The van der Waals surface area contributed by atoms with Crippen LogP contribution in [-0.2, 0) is 12.8 Å². The predicted molar refractivity (Wildman–Crippen MR) is 154 cm³/mol. The third-order valence-corrected chi connectivity index (χ3v) is 8.62. The summed E-state index contributed by atoms with van der Waals surface area (Å²) in [6.45, 7) is 6.94. The molecule has 0 spiro atoms. The molecule has 0 aliphatic heterocycles. The third kappa shape index (κ3) is 5.25. The number of nitrogens with zero attached hydrogens (tertiary/aromatic N) is 2. The van der Waals surface area contributed by atoms with Crippen LogP contribution < -0.4 is 5.32 Å². The Kier molecular flexibility index (Phi) is 7.00. The lowest BCUT2D eigenvalue weighted by Crippen LogP contribution is -2.27. The zero-order valence-corrected chi connectivity index (χ0v) is 23.2. The first kappa shape index (κ1) is 24.7. The van der Waals surface area contributed by atoms with Gasteiger partial charge in [-0.3, -0.25) is 4.79 Å². The molecule has 1 aliphatic carbocycles. The first-order valence-electron chi connectivity index (χ1n) is 12.3. The highest BCUT2D eigenvalue weighted by Gasteiger charge is 2.33. The second kappa shape index (κ2) is 10.2. The zero-order valence-electron chi connectivity index (χ0n) is 20.8. The number of anilines is 1. The highest BCUT2D eigenvalue weighted by molar-refractivity contribution is 9.10. The summed E-state index contributed by atoms with van der Waals surface area (Å²) in [7, 11) is 0. The van der Waals surface area contributed by atoms with Crippen molar-refractivity contribution in [1.82, 2.24) is 4.57 Å². The number of carbonyl (C=O) groups excluding carboxylic acids is 1. The molecule has 184 valence electrons. The Labute approximate surface area is 225 Å². The number of aliphatic imine (C=N–C) groups is 1. The molecule has 2 aromatic carbocycles. The summed E-state index contributed by atoms with van der Waals surface area (Å²) in [6, 6.07) is 21.9. The minimum atomic E-state index is -0.0802. The quantitative estimate of drug-likeness (QED) is 0.245. The van der Waals surface area contributed by atoms with Gasteiger partial charge in [-0.2, -0.15) is 0 Å². The van der Waals surface area contributed by atoms with Crippen LogP contribution in [0.5, 0.6) is 0 Å². The second-order valence-corrected chi connectivity index (χ2v) is 12.3. The summed E-state index contributed by atoms with van der Waals surface area (Å²) < 4.78 is 3.14. The van der Waals surface area contributed by atoms with E-state index in [0.717, 1.165) is 51.4 Å². The number of para-hydroxylation sites is 1. The SMILES string of the molecule is CC(C)(C)[C@H]1CCc2c(sc(N=Cc3cccn3-c3ccc(Br)cc3)c2C(=O)Nc2ccccc2)C1. The van der Waals surface area contributed by atoms with Crippen molar-refractivity contribution in [2.24, 2.45) is 16.3 Å². The van der Waals surface area contributed by atoms with Gasteiger partial charge in [-0.15, -0.1) is 11.3 Å². The lowest BCUT2D eigenvalue weighted by atomic mass is 9.72. The Morgan fingerprint density at radius 3 is 2.56 bits per heavy atom. The number of halogens is 1. The lowest BCUT2D eigenvalue weighted by Gasteiger charge is -2.33. The number of hydrogen-bond donors (Lipinski definition) is 1. The molecule has 0 saturated heterocycles. The number of nitrogens with one attached hydrogen (secondary N) is 1. The molecular weight excluding hydrogens is 530 g/mol. The predicted octanol–water partition coefficient (Wildman–Crippen LogP) is 8.46. The number of amides is 1. The van der Waals surface area contributed by atoms with Gasteiger partial charge in [0.15, 0.2) is 0 Å². The van der Waals surface area contributed by atoms with E-state index in [-0.39, 0.29) is 11.3 Å². The van der Waals surface area contributed by atoms with Crippen LogP contribution in [0.2, 0.25) is 0 Å². The van der Waals surface area contributed by atoms with Crippen LogP contribution in [0.15, 0.2) is 82.4 Å². The molecule has 2 aromatic heterocycles. The number of carbonyl (C=O) groups is 1. The van der Waals surface area contributed by atoms with E-state index < -0.39 is 0 Å². The average Bonchev–Trinajstić information content (AvgIpc) is 3.47. The van der Waals surface area contributed by atoms with E-state index in [4.69, 9.17) is 4.99 Å². The molecule has 1 amide bonds. The van der Waals surface area contributed by atoms with Gasteiger partial charge in [0.25, 0.3) is 5.91 Å². The molecule has 0 fully saturated rings. The largest absolute Gasteiger partial charge is 0.322 e. The standard InChI is InChI=1S/C30H30BrN3OS/c1-30(2,3)20-11-16-25-26(18-20)36-29(27(25)28(35)33-22-8-5-4-6-9-22)32-19-24-10-7-17-34(24)23-14-12-21(31)13-15-23/h4-10,12-15,17,19-20H,11,16,18H2,1-3H3,(H,33,35)/t20-/m0/s1. The number of rotatable bonds is 5. The molecule has 1 aliphatic rings. The summed E-state index contributed by atoms with van der Waals surface area (Å²) in [4.78, 5) is 19.8. The van der Waals surface area contributed by atoms with Gasteiger partial charge in [-0.1, -0.05) is 54.9 Å². The van der Waals surface area contributed by atoms with Gasteiger partial charge in [0.05, 0.1) is 17.5 Å². The molecule has 0 saturated carbocycles. The number of thiophene rings is 1. The fourth-order valence-corrected chi connectivity index (χ4v) is 6.34. The smallest absolute Gasteiger partial charge is 0.259 e. The Morgan fingerprint density at radius 2 is 1.83 bits per heavy atom. The Bertz CT molecular complexity index is 1390. The molecule has 36 heavy (non-hydrogen) atoms. The molecule has 1 atom stereocenters. The minimum absolute atomic E-state index is 0.0802. The Balaban J connectivity index is 1.51. The van der Waals surface area contributed by atoms with Crippen LogP contribution in [0, 0.1) is 11.3 Å². The number of fused-ring (bicyclic) bond motifs is 1. The third-order valence-electron chi connectivity index (χ3n) is 6.93. The van der Waals surface area contributed by atoms with Crippen LogP contribution in [0.3, 0.4) is 0 Å². The fourth-order valence-electron chi connectivity index (χ4n) is 4.81. The molecule has 5 rings (SSSR count). The second-order valence-electron chi connectivity index (χ2n) is 10.3. The van der Waals surface area contributed by atoms with Crippen molar-refractivity contribution in [2.75, 3.05) is 5.32 Å². The normalized spacial score (nSPS) is 15.7. The lowest BCUT2D eigenvalue weighted by molar-refractivity contribution is 0.102. The van der Waals surface area contributed by atoms with Crippen molar-refractivity contribution in [3.05, 3.63) is 99.1 Å². The average molecular weight is 561 g/mol. The molecule has 4 nitrogen and oxygen atoms in total. The van der Waals surface area contributed by atoms with E-state index in [1.807, 2.05) is 67.0 Å². The van der Waals surface area contributed by atoms with Gasteiger partial charge in [0, 0.05) is 26.9 Å². The van der Waals surface area contributed by atoms with Crippen LogP contribution in [0.1, 0.15) is 53.7 Å². The van der Waals surface area contributed by atoms with Gasteiger partial charge in [0.2, 0.25) is 0 Å². The van der Waals surface area contributed by atoms with E-state index in [9.17, 15) is 4.79 Å². The van der Waals surface area contributed by atoms with Gasteiger partial charge in [0.1, 0.15) is 5.00 Å². The molecule has 6 heteroatoms. The maximum Gasteiger partial charge on any atom is 0.259 e. The molecule has 1 N–H and O–H groups in total. The van der Waals surface area contributed by atoms with Crippen LogP contribution in [0.4, 0.5) is 10.7 Å².